The minimum absolute atomic E-state index is 0.124. The van der Waals surface area contributed by atoms with Crippen molar-refractivity contribution in [1.82, 2.24) is 19.8 Å². The van der Waals surface area contributed by atoms with Gasteiger partial charge in [0.15, 0.2) is 0 Å². The molecule has 45 heavy (non-hydrogen) atoms. The Labute approximate surface area is 260 Å². The van der Waals surface area contributed by atoms with Crippen molar-refractivity contribution in [2.45, 2.75) is 69.1 Å². The van der Waals surface area contributed by atoms with Crippen molar-refractivity contribution in [2.75, 3.05) is 44.7 Å². The highest BCUT2D eigenvalue weighted by Crippen LogP contribution is 2.44. The van der Waals surface area contributed by atoms with E-state index in [1.165, 1.54) is 42.0 Å². The Morgan fingerprint density at radius 3 is 2.53 bits per heavy atom. The summed E-state index contributed by atoms with van der Waals surface area (Å²) < 4.78 is 38.0. The second-order valence-electron chi connectivity index (χ2n) is 11.9. The number of rotatable bonds is 7. The van der Waals surface area contributed by atoms with Gasteiger partial charge in [-0.05, 0) is 81.3 Å². The fourth-order valence-electron chi connectivity index (χ4n) is 6.29. The van der Waals surface area contributed by atoms with Gasteiger partial charge in [0.2, 0.25) is 5.91 Å². The van der Waals surface area contributed by atoms with Crippen LogP contribution in [0.15, 0.2) is 30.9 Å². The summed E-state index contributed by atoms with van der Waals surface area (Å²) in [7, 11) is 2.15. The first-order valence-corrected chi connectivity index (χ1v) is 15.2. The monoisotopic (exact) mass is 626 g/mol. The number of carboxylic acid groups (broad SMARTS) is 1. The van der Waals surface area contributed by atoms with Gasteiger partial charge in [-0.25, -0.2) is 4.79 Å². The Morgan fingerprint density at radius 1 is 1.16 bits per heavy atom. The number of aryl methyl sites for hydroxylation is 1. The van der Waals surface area contributed by atoms with Crippen LogP contribution in [0.4, 0.5) is 19.0 Å². The first-order valence-electron chi connectivity index (χ1n) is 15.2. The van der Waals surface area contributed by atoms with E-state index in [-0.39, 0.29) is 18.4 Å². The first-order chi connectivity index (χ1) is 21.5. The lowest BCUT2D eigenvalue weighted by atomic mass is 9.87. The number of fused-ring (bicyclic) bond motifs is 3. The van der Waals surface area contributed by atoms with Gasteiger partial charge in [0.1, 0.15) is 12.4 Å². The van der Waals surface area contributed by atoms with E-state index in [1.54, 1.807) is 4.90 Å². The quantitative estimate of drug-likeness (QED) is 0.447. The molecule has 240 valence electrons. The summed E-state index contributed by atoms with van der Waals surface area (Å²) in [5, 5.41) is 16.6. The Hall–Kier alpha value is -4.18. The number of likely N-dealkylation sites (tertiary alicyclic amines) is 1. The van der Waals surface area contributed by atoms with Crippen molar-refractivity contribution >= 4 is 17.7 Å². The predicted octanol–water partition coefficient (Wildman–Crippen LogP) is 4.34. The van der Waals surface area contributed by atoms with Crippen LogP contribution in [0.2, 0.25) is 0 Å². The number of carbonyl (C=O) groups is 2. The number of piperazine rings is 1. The van der Waals surface area contributed by atoms with Gasteiger partial charge < -0.3 is 24.5 Å². The van der Waals surface area contributed by atoms with Gasteiger partial charge in [-0.15, -0.1) is 0 Å². The molecule has 1 N–H and O–H groups in total. The number of hydrogen-bond acceptors (Lipinski definition) is 8. The van der Waals surface area contributed by atoms with Crippen molar-refractivity contribution in [2.24, 2.45) is 0 Å². The van der Waals surface area contributed by atoms with Crippen LogP contribution in [0.25, 0.3) is 11.3 Å². The lowest BCUT2D eigenvalue weighted by Crippen LogP contribution is -2.55. The number of ether oxygens (including phenoxy) is 1. The molecule has 0 radical (unpaired) electrons. The number of aromatic nitrogens is 2. The van der Waals surface area contributed by atoms with Gasteiger partial charge >= 0.3 is 18.2 Å². The number of nitriles is 1. The number of carboxylic acids is 1. The number of alkyl halides is 3. The van der Waals surface area contributed by atoms with Crippen molar-refractivity contribution in [1.29, 1.82) is 5.26 Å². The summed E-state index contributed by atoms with van der Waals surface area (Å²) in [6.45, 7) is 7.04. The Kier molecular flexibility index (Phi) is 9.62. The molecule has 2 aliphatic heterocycles. The van der Waals surface area contributed by atoms with Crippen LogP contribution in [-0.2, 0) is 22.4 Å². The molecular weight excluding hydrogens is 589 g/mol. The van der Waals surface area contributed by atoms with Gasteiger partial charge in [-0.3, -0.25) is 4.79 Å². The van der Waals surface area contributed by atoms with Crippen LogP contribution in [-0.4, -0.2) is 94.8 Å². The minimum atomic E-state index is -5.08. The number of carbonyl (C=O) groups excluding carboxylic acids is 1. The minimum Gasteiger partial charge on any atom is -0.475 e. The maximum absolute atomic E-state index is 12.5. The van der Waals surface area contributed by atoms with Crippen molar-refractivity contribution in [3.8, 4) is 23.3 Å². The number of amides is 1. The second kappa shape index (κ2) is 13.4. The Bertz CT molecular complexity index is 1490. The molecule has 3 heterocycles. The molecule has 4 aliphatic rings. The molecular formula is C32H37F3N6O4. The van der Waals surface area contributed by atoms with E-state index in [4.69, 9.17) is 24.6 Å². The normalized spacial score (nSPS) is 21.1. The Morgan fingerprint density at radius 2 is 1.91 bits per heavy atom. The van der Waals surface area contributed by atoms with E-state index in [9.17, 15) is 23.2 Å². The lowest BCUT2D eigenvalue weighted by molar-refractivity contribution is -0.192. The summed E-state index contributed by atoms with van der Waals surface area (Å²) in [5.41, 5.74) is 6.07. The summed E-state index contributed by atoms with van der Waals surface area (Å²) in [6.07, 6.45) is 3.17. The van der Waals surface area contributed by atoms with Gasteiger partial charge in [0.25, 0.3) is 0 Å². The van der Waals surface area contributed by atoms with E-state index in [1.807, 2.05) is 0 Å². The SMILES string of the molecule is C=CC(=O)N1CCN(c2nc(OC[C@@H]3CCCN3C)nc3c2CCc2ccc(C4CC4)cc2-3)C[C@@H]1CC#N.O=C(O)C(F)(F)F. The summed E-state index contributed by atoms with van der Waals surface area (Å²) in [4.78, 5) is 37.7. The zero-order chi connectivity index (χ0) is 32.3. The number of anilines is 1. The molecule has 2 aromatic rings. The number of benzene rings is 1. The first kappa shape index (κ1) is 32.2. The molecule has 2 saturated heterocycles. The standard InChI is InChI=1S/C30H36N6O2.C2HF3O2/c1-3-27(37)36-16-15-35(18-23(36)12-13-31)29-25-11-10-21-8-9-22(20-6-7-20)17-26(21)28(25)32-30(33-29)38-19-24-5-4-14-34(24)2;3-2(4,5)1(6)7/h3,8-9,17,20,23-24H,1,4-7,10-12,14-16,18-19H2,2H3;(H,6,7)/t23-,24-;/m0./s1. The highest BCUT2D eigenvalue weighted by Gasteiger charge is 2.38. The molecule has 1 aromatic heterocycles. The van der Waals surface area contributed by atoms with Crippen molar-refractivity contribution in [3.05, 3.63) is 47.5 Å². The van der Waals surface area contributed by atoms with Gasteiger partial charge in [0.05, 0.1) is 24.2 Å². The van der Waals surface area contributed by atoms with Crippen molar-refractivity contribution in [3.63, 3.8) is 0 Å². The average Bonchev–Trinajstić information content (AvgIpc) is 3.79. The van der Waals surface area contributed by atoms with E-state index < -0.39 is 12.1 Å². The van der Waals surface area contributed by atoms with Crippen LogP contribution >= 0.6 is 0 Å². The molecule has 1 saturated carbocycles. The van der Waals surface area contributed by atoms with Crippen LogP contribution < -0.4 is 9.64 Å². The number of likely N-dealkylation sites (N-methyl/N-ethyl adjacent to an activating group) is 1. The molecule has 10 nitrogen and oxygen atoms in total. The van der Waals surface area contributed by atoms with E-state index in [0.717, 1.165) is 42.9 Å². The molecule has 0 unspecified atom stereocenters. The maximum atomic E-state index is 12.5. The number of aliphatic carboxylic acids is 1. The Balaban J connectivity index is 0.000000515. The molecule has 2 atom stereocenters. The molecule has 0 spiro atoms. The number of nitrogens with zero attached hydrogens (tertiary/aromatic N) is 6. The highest BCUT2D eigenvalue weighted by molar-refractivity contribution is 5.87. The third-order valence-corrected chi connectivity index (χ3v) is 8.93. The molecule has 1 aromatic carbocycles. The maximum Gasteiger partial charge on any atom is 0.490 e. The van der Waals surface area contributed by atoms with E-state index in [0.29, 0.717) is 44.2 Å². The zero-order valence-corrected chi connectivity index (χ0v) is 25.2. The summed E-state index contributed by atoms with van der Waals surface area (Å²) in [6, 6.07) is 9.77. The topological polar surface area (TPSA) is 123 Å². The third-order valence-electron chi connectivity index (χ3n) is 8.93. The molecule has 1 amide bonds. The lowest BCUT2D eigenvalue weighted by Gasteiger charge is -2.41. The predicted molar refractivity (Wildman–Crippen MR) is 160 cm³/mol. The van der Waals surface area contributed by atoms with E-state index >= 15 is 0 Å². The van der Waals surface area contributed by atoms with Crippen LogP contribution in [0.1, 0.15) is 54.7 Å². The molecule has 3 fully saturated rings. The smallest absolute Gasteiger partial charge is 0.475 e. The van der Waals surface area contributed by atoms with Gasteiger partial charge in [-0.2, -0.15) is 28.4 Å². The summed E-state index contributed by atoms with van der Waals surface area (Å²) in [5.74, 6) is -1.32. The van der Waals surface area contributed by atoms with Gasteiger partial charge in [-0.1, -0.05) is 18.7 Å². The molecule has 6 rings (SSSR count). The summed E-state index contributed by atoms with van der Waals surface area (Å²) >= 11 is 0. The number of halogens is 3. The number of hydrogen-bond donors (Lipinski definition) is 1. The second-order valence-corrected chi connectivity index (χ2v) is 11.9. The molecule has 2 aliphatic carbocycles. The van der Waals surface area contributed by atoms with E-state index in [2.05, 4.69) is 47.7 Å². The fourth-order valence-corrected chi connectivity index (χ4v) is 6.29. The van der Waals surface area contributed by atoms with Crippen molar-refractivity contribution < 1.29 is 32.6 Å². The van der Waals surface area contributed by atoms with Crippen LogP contribution in [0.3, 0.4) is 0 Å². The van der Waals surface area contributed by atoms with Crippen LogP contribution in [0.5, 0.6) is 6.01 Å². The van der Waals surface area contributed by atoms with Crippen LogP contribution in [0, 0.1) is 11.3 Å². The highest BCUT2D eigenvalue weighted by atomic mass is 19.4. The van der Waals surface area contributed by atoms with Gasteiger partial charge in [0, 0.05) is 36.8 Å². The third kappa shape index (κ3) is 7.39. The molecule has 13 heteroatoms. The molecule has 0 bridgehead atoms. The zero-order valence-electron chi connectivity index (χ0n) is 25.2. The largest absolute Gasteiger partial charge is 0.490 e. The fraction of sp³-hybridized carbons (Fsp3) is 0.531. The average molecular weight is 627 g/mol.